The second-order valence-corrected chi connectivity index (χ2v) is 10.8. The van der Waals surface area contributed by atoms with Crippen molar-refractivity contribution >= 4 is 16.0 Å². The van der Waals surface area contributed by atoms with Crippen LogP contribution in [0.25, 0.3) is 0 Å². The van der Waals surface area contributed by atoms with E-state index in [-0.39, 0.29) is 22.2 Å². The summed E-state index contributed by atoms with van der Waals surface area (Å²) in [5, 5.41) is 0. The molecule has 1 fully saturated rings. The van der Waals surface area contributed by atoms with Gasteiger partial charge in [-0.15, -0.1) is 0 Å². The first-order valence-electron chi connectivity index (χ1n) is 9.93. The van der Waals surface area contributed by atoms with Crippen molar-refractivity contribution in [1.82, 2.24) is 8.87 Å². The van der Waals surface area contributed by atoms with Crippen LogP contribution < -0.4 is 4.74 Å². The van der Waals surface area contributed by atoms with Gasteiger partial charge in [0, 0.05) is 32.5 Å². The number of esters is 1. The molecule has 0 unspecified atom stereocenters. The van der Waals surface area contributed by atoms with Crippen LogP contribution in [-0.2, 0) is 27.3 Å². The lowest BCUT2D eigenvalue weighted by molar-refractivity contribution is -0.140. The van der Waals surface area contributed by atoms with E-state index in [4.69, 9.17) is 4.74 Å². The third-order valence-electron chi connectivity index (χ3n) is 5.48. The van der Waals surface area contributed by atoms with Gasteiger partial charge < -0.3 is 9.30 Å². The highest BCUT2D eigenvalue weighted by molar-refractivity contribution is 7.89. The summed E-state index contributed by atoms with van der Waals surface area (Å²) in [7, 11) is -1.73. The topological polar surface area (TPSA) is 68.6 Å². The number of nitrogens with zero attached hydrogens (tertiary/aromatic N) is 2. The maximum absolute atomic E-state index is 12.7. The minimum Gasteiger partial charge on any atom is -0.426 e. The van der Waals surface area contributed by atoms with Crippen LogP contribution in [0.15, 0.2) is 41.6 Å². The number of benzene rings is 1. The number of aryl methyl sites for hydroxylation is 2. The average molecular weight is 419 g/mol. The molecule has 2 heterocycles. The highest BCUT2D eigenvalue weighted by Gasteiger charge is 2.33. The predicted molar refractivity (Wildman–Crippen MR) is 112 cm³/mol. The minimum atomic E-state index is -3.51. The minimum absolute atomic E-state index is 0.0321. The van der Waals surface area contributed by atoms with Crippen molar-refractivity contribution in [2.24, 2.45) is 13.0 Å². The maximum Gasteiger partial charge on any atom is 0.314 e. The zero-order valence-corrected chi connectivity index (χ0v) is 18.6. The summed E-state index contributed by atoms with van der Waals surface area (Å²) in [6.07, 6.45) is 4.23. The van der Waals surface area contributed by atoms with E-state index >= 15 is 0 Å². The Morgan fingerprint density at radius 1 is 1.14 bits per heavy atom. The summed E-state index contributed by atoms with van der Waals surface area (Å²) in [6.45, 7) is 9.00. The largest absolute Gasteiger partial charge is 0.426 e. The molecule has 1 aromatic heterocycles. The number of hydrogen-bond donors (Lipinski definition) is 0. The van der Waals surface area contributed by atoms with E-state index in [1.807, 2.05) is 19.1 Å². The molecule has 1 aliphatic rings. The second kappa shape index (κ2) is 7.95. The Kier molecular flexibility index (Phi) is 5.92. The third-order valence-corrected chi connectivity index (χ3v) is 7.36. The molecule has 2 aromatic rings. The van der Waals surface area contributed by atoms with Gasteiger partial charge in [0.25, 0.3) is 0 Å². The molecule has 1 aliphatic heterocycles. The van der Waals surface area contributed by atoms with Gasteiger partial charge in [-0.1, -0.05) is 32.9 Å². The van der Waals surface area contributed by atoms with Gasteiger partial charge in [0.1, 0.15) is 5.75 Å². The maximum atomic E-state index is 12.7. The first-order chi connectivity index (χ1) is 13.5. The van der Waals surface area contributed by atoms with E-state index in [0.717, 1.165) is 5.56 Å². The standard InChI is InChI=1S/C22H30N2O4S/c1-16-14-18(22(2,3)4)6-7-20(16)28-21(25)17-8-12-24(13-9-17)29(26,27)19-10-11-23(5)15-19/h6-7,10-11,14-15,17H,8-9,12-13H2,1-5H3. The van der Waals surface area contributed by atoms with E-state index < -0.39 is 10.0 Å². The SMILES string of the molecule is Cc1cc(C(C)(C)C)ccc1OC(=O)C1CCN(S(=O)(=O)c2ccn(C)c2)CC1. The molecule has 7 heteroatoms. The summed E-state index contributed by atoms with van der Waals surface area (Å²) in [5.74, 6) is -0.00498. The van der Waals surface area contributed by atoms with Crippen LogP contribution in [0, 0.1) is 12.8 Å². The third kappa shape index (κ3) is 4.73. The van der Waals surface area contributed by atoms with E-state index in [9.17, 15) is 13.2 Å². The van der Waals surface area contributed by atoms with Crippen LogP contribution in [0.2, 0.25) is 0 Å². The molecular formula is C22H30N2O4S. The number of rotatable bonds is 4. The Morgan fingerprint density at radius 3 is 2.31 bits per heavy atom. The molecule has 1 saturated heterocycles. The zero-order valence-electron chi connectivity index (χ0n) is 17.8. The normalized spacial score (nSPS) is 16.7. The van der Waals surface area contributed by atoms with E-state index in [1.54, 1.807) is 30.1 Å². The molecule has 29 heavy (non-hydrogen) atoms. The summed E-state index contributed by atoms with van der Waals surface area (Å²) >= 11 is 0. The fourth-order valence-corrected chi connectivity index (χ4v) is 5.06. The first kappa shape index (κ1) is 21.6. The summed E-state index contributed by atoms with van der Waals surface area (Å²) < 4.78 is 34.3. The van der Waals surface area contributed by atoms with Gasteiger partial charge in [0.15, 0.2) is 0 Å². The van der Waals surface area contributed by atoms with E-state index in [2.05, 4.69) is 26.8 Å². The smallest absolute Gasteiger partial charge is 0.314 e. The first-order valence-corrected chi connectivity index (χ1v) is 11.4. The van der Waals surface area contributed by atoms with E-state index in [0.29, 0.717) is 31.7 Å². The van der Waals surface area contributed by atoms with E-state index in [1.165, 1.54) is 9.87 Å². The van der Waals surface area contributed by atoms with Crippen LogP contribution in [0.3, 0.4) is 0 Å². The molecule has 0 radical (unpaired) electrons. The van der Waals surface area contributed by atoms with Crippen LogP contribution >= 0.6 is 0 Å². The van der Waals surface area contributed by atoms with Crippen molar-refractivity contribution in [1.29, 1.82) is 0 Å². The number of aromatic nitrogens is 1. The van der Waals surface area contributed by atoms with Crippen molar-refractivity contribution in [3.05, 3.63) is 47.8 Å². The number of ether oxygens (including phenoxy) is 1. The fraction of sp³-hybridized carbons (Fsp3) is 0.500. The highest BCUT2D eigenvalue weighted by Crippen LogP contribution is 2.29. The monoisotopic (exact) mass is 418 g/mol. The van der Waals surface area contributed by atoms with Crippen LogP contribution in [0.1, 0.15) is 44.7 Å². The average Bonchev–Trinajstić information content (AvgIpc) is 3.10. The zero-order chi connectivity index (χ0) is 21.4. The van der Waals surface area contributed by atoms with Crippen LogP contribution in [-0.4, -0.2) is 36.3 Å². The highest BCUT2D eigenvalue weighted by atomic mass is 32.2. The molecule has 0 amide bonds. The van der Waals surface area contributed by atoms with Crippen molar-refractivity contribution in [2.45, 2.75) is 50.8 Å². The van der Waals surface area contributed by atoms with Crippen molar-refractivity contribution in [3.8, 4) is 5.75 Å². The summed E-state index contributed by atoms with van der Waals surface area (Å²) in [5.41, 5.74) is 2.15. The van der Waals surface area contributed by atoms with Gasteiger partial charge in [0.2, 0.25) is 10.0 Å². The van der Waals surface area contributed by atoms with Gasteiger partial charge in [-0.25, -0.2) is 8.42 Å². The second-order valence-electron chi connectivity index (χ2n) is 8.84. The molecule has 0 atom stereocenters. The van der Waals surface area contributed by atoms with Gasteiger partial charge in [0.05, 0.1) is 10.8 Å². The molecule has 1 aromatic carbocycles. The number of piperidine rings is 1. The lowest BCUT2D eigenvalue weighted by Crippen LogP contribution is -2.41. The van der Waals surface area contributed by atoms with Gasteiger partial charge in [-0.05, 0) is 48.4 Å². The molecule has 0 N–H and O–H groups in total. The lowest BCUT2D eigenvalue weighted by atomic mass is 9.86. The Labute approximate surface area is 173 Å². The Morgan fingerprint density at radius 2 is 1.79 bits per heavy atom. The number of carbonyl (C=O) groups is 1. The summed E-state index contributed by atoms with van der Waals surface area (Å²) in [6, 6.07) is 7.49. The van der Waals surface area contributed by atoms with Crippen molar-refractivity contribution in [3.63, 3.8) is 0 Å². The van der Waals surface area contributed by atoms with Crippen LogP contribution in [0.4, 0.5) is 0 Å². The van der Waals surface area contributed by atoms with Crippen LogP contribution in [0.5, 0.6) is 5.75 Å². The molecule has 0 aliphatic carbocycles. The molecule has 0 saturated carbocycles. The fourth-order valence-electron chi connectivity index (χ4n) is 3.53. The Balaban J connectivity index is 1.62. The lowest BCUT2D eigenvalue weighted by Gasteiger charge is -2.30. The Hall–Kier alpha value is -2.12. The quantitative estimate of drug-likeness (QED) is 0.562. The van der Waals surface area contributed by atoms with Gasteiger partial charge in [-0.3, -0.25) is 4.79 Å². The number of sulfonamides is 1. The molecule has 3 rings (SSSR count). The van der Waals surface area contributed by atoms with Crippen molar-refractivity contribution in [2.75, 3.05) is 13.1 Å². The Bertz CT molecular complexity index is 994. The number of carbonyl (C=O) groups excluding carboxylic acids is 1. The number of hydrogen-bond acceptors (Lipinski definition) is 4. The van der Waals surface area contributed by atoms with Gasteiger partial charge >= 0.3 is 5.97 Å². The van der Waals surface area contributed by atoms with Gasteiger partial charge in [-0.2, -0.15) is 4.31 Å². The molecule has 6 nitrogen and oxygen atoms in total. The molecule has 158 valence electrons. The summed E-state index contributed by atoms with van der Waals surface area (Å²) in [4.78, 5) is 12.9. The predicted octanol–water partition coefficient (Wildman–Crippen LogP) is 3.64. The molecular weight excluding hydrogens is 388 g/mol. The molecule has 0 spiro atoms. The molecule has 0 bridgehead atoms. The van der Waals surface area contributed by atoms with Crippen molar-refractivity contribution < 1.29 is 17.9 Å².